The van der Waals surface area contributed by atoms with Crippen LogP contribution in [0, 0.1) is 0 Å². The molecule has 23 heavy (non-hydrogen) atoms. The second-order valence-corrected chi connectivity index (χ2v) is 5.60. The Labute approximate surface area is 131 Å². The Morgan fingerprint density at radius 2 is 2.00 bits per heavy atom. The molecule has 3 rings (SSSR count). The molecule has 3 atom stereocenters. The lowest BCUT2D eigenvalue weighted by molar-refractivity contribution is -0.0459. The molecule has 3 N–H and O–H groups in total. The van der Waals surface area contributed by atoms with Gasteiger partial charge in [0.15, 0.2) is 0 Å². The summed E-state index contributed by atoms with van der Waals surface area (Å²) in [7, 11) is 0. The average molecular weight is 318 g/mol. The van der Waals surface area contributed by atoms with Crippen LogP contribution in [-0.4, -0.2) is 38.6 Å². The summed E-state index contributed by atoms with van der Waals surface area (Å²) in [6, 6.07) is 9.43. The topological polar surface area (TPSA) is 105 Å². The highest BCUT2D eigenvalue weighted by Gasteiger charge is 2.35. The monoisotopic (exact) mass is 318 g/mol. The fourth-order valence-electron chi connectivity index (χ4n) is 2.73. The lowest BCUT2D eigenvalue weighted by Crippen LogP contribution is -2.34. The van der Waals surface area contributed by atoms with Crippen LogP contribution in [0.5, 0.6) is 0 Å². The summed E-state index contributed by atoms with van der Waals surface area (Å²) in [5.41, 5.74) is 0.347. The first kappa shape index (κ1) is 15.7. The van der Waals surface area contributed by atoms with E-state index in [-0.39, 0.29) is 13.0 Å². The number of hydrogen-bond donors (Lipinski definition) is 3. The molecule has 1 aromatic carbocycles. The van der Waals surface area contributed by atoms with Crippen molar-refractivity contribution in [3.05, 3.63) is 68.5 Å². The number of ether oxygens (including phenoxy) is 1. The van der Waals surface area contributed by atoms with Gasteiger partial charge >= 0.3 is 5.69 Å². The van der Waals surface area contributed by atoms with E-state index in [0.717, 1.165) is 5.56 Å². The van der Waals surface area contributed by atoms with Gasteiger partial charge in [0.2, 0.25) is 0 Å². The number of rotatable bonds is 4. The van der Waals surface area contributed by atoms with Gasteiger partial charge in [-0.05, 0) is 5.56 Å². The van der Waals surface area contributed by atoms with Gasteiger partial charge in [-0.15, -0.1) is 0 Å². The van der Waals surface area contributed by atoms with E-state index in [1.807, 2.05) is 30.3 Å². The second-order valence-electron chi connectivity index (χ2n) is 5.60. The first-order valence-corrected chi connectivity index (χ1v) is 7.41. The van der Waals surface area contributed by atoms with Crippen LogP contribution in [0.1, 0.15) is 23.8 Å². The van der Waals surface area contributed by atoms with Gasteiger partial charge in [0.25, 0.3) is 5.56 Å². The van der Waals surface area contributed by atoms with E-state index in [2.05, 4.69) is 4.98 Å². The van der Waals surface area contributed by atoms with Gasteiger partial charge in [-0.2, -0.15) is 0 Å². The Kier molecular flexibility index (Phi) is 4.42. The molecule has 2 heterocycles. The van der Waals surface area contributed by atoms with Crippen molar-refractivity contribution in [3.8, 4) is 0 Å². The van der Waals surface area contributed by atoms with E-state index in [0.29, 0.717) is 12.0 Å². The molecule has 2 aromatic rings. The third-order valence-electron chi connectivity index (χ3n) is 3.97. The van der Waals surface area contributed by atoms with Gasteiger partial charge in [-0.3, -0.25) is 14.3 Å². The van der Waals surface area contributed by atoms with Crippen molar-refractivity contribution in [2.45, 2.75) is 31.3 Å². The minimum atomic E-state index is -0.846. The minimum absolute atomic E-state index is 0.182. The van der Waals surface area contributed by atoms with Crippen molar-refractivity contribution in [1.29, 1.82) is 0 Å². The molecular weight excluding hydrogens is 300 g/mol. The molecule has 0 radical (unpaired) electrons. The van der Waals surface area contributed by atoms with Crippen LogP contribution in [0.4, 0.5) is 0 Å². The van der Waals surface area contributed by atoms with Crippen LogP contribution < -0.4 is 11.2 Å². The number of nitrogens with one attached hydrogen (secondary N) is 1. The smallest absolute Gasteiger partial charge is 0.330 e. The molecule has 1 aromatic heterocycles. The number of aromatic amines is 1. The molecule has 1 aliphatic rings. The number of aromatic nitrogens is 2. The first-order valence-electron chi connectivity index (χ1n) is 7.41. The van der Waals surface area contributed by atoms with Crippen molar-refractivity contribution in [1.82, 2.24) is 9.55 Å². The van der Waals surface area contributed by atoms with Gasteiger partial charge in [0.1, 0.15) is 12.3 Å². The summed E-state index contributed by atoms with van der Waals surface area (Å²) in [6.07, 6.45) is -0.249. The van der Waals surface area contributed by atoms with Gasteiger partial charge in [-0.25, -0.2) is 4.79 Å². The maximum atomic E-state index is 12.0. The van der Waals surface area contributed by atoms with Crippen molar-refractivity contribution < 1.29 is 14.9 Å². The largest absolute Gasteiger partial charge is 0.394 e. The highest BCUT2D eigenvalue weighted by atomic mass is 16.5. The number of benzene rings is 1. The van der Waals surface area contributed by atoms with Crippen LogP contribution in [0.25, 0.3) is 0 Å². The zero-order chi connectivity index (χ0) is 16.4. The molecule has 1 fully saturated rings. The van der Waals surface area contributed by atoms with E-state index in [1.165, 1.54) is 10.8 Å². The number of H-pyrrole nitrogens is 1. The molecule has 0 spiro atoms. The fraction of sp³-hybridized carbons (Fsp3) is 0.375. The summed E-state index contributed by atoms with van der Waals surface area (Å²) in [5, 5.41) is 18.9. The molecule has 0 bridgehead atoms. The maximum Gasteiger partial charge on any atom is 0.330 e. The van der Waals surface area contributed by atoms with Gasteiger partial charge in [0, 0.05) is 24.6 Å². The molecular formula is C16H18N2O5. The molecule has 7 heteroatoms. The molecule has 1 saturated heterocycles. The minimum Gasteiger partial charge on any atom is -0.394 e. The van der Waals surface area contributed by atoms with Gasteiger partial charge in [-0.1, -0.05) is 30.3 Å². The maximum absolute atomic E-state index is 12.0. The third kappa shape index (κ3) is 3.26. The Morgan fingerprint density at radius 1 is 1.26 bits per heavy atom. The predicted octanol–water partition coefficient (Wildman–Crippen LogP) is -0.232. The van der Waals surface area contributed by atoms with E-state index < -0.39 is 29.7 Å². The number of aliphatic hydroxyl groups is 2. The Bertz CT molecular complexity index is 783. The molecule has 122 valence electrons. The molecule has 0 aliphatic carbocycles. The zero-order valence-electron chi connectivity index (χ0n) is 12.4. The normalized spacial score (nSPS) is 24.0. The van der Waals surface area contributed by atoms with Crippen LogP contribution in [0.15, 0.2) is 46.1 Å². The lowest BCUT2D eigenvalue weighted by Gasteiger charge is -2.15. The van der Waals surface area contributed by atoms with E-state index >= 15 is 0 Å². The van der Waals surface area contributed by atoms with E-state index in [4.69, 9.17) is 9.84 Å². The molecule has 7 nitrogen and oxygen atoms in total. The molecule has 0 saturated carbocycles. The van der Waals surface area contributed by atoms with Crippen molar-refractivity contribution in [2.75, 3.05) is 6.61 Å². The molecule has 0 amide bonds. The summed E-state index contributed by atoms with van der Waals surface area (Å²) in [6.45, 7) is -0.327. The van der Waals surface area contributed by atoms with Crippen LogP contribution >= 0.6 is 0 Å². The first-order chi connectivity index (χ1) is 11.1. The summed E-state index contributed by atoms with van der Waals surface area (Å²) in [5.74, 6) is 0. The van der Waals surface area contributed by atoms with Crippen LogP contribution in [0.3, 0.4) is 0 Å². The highest BCUT2D eigenvalue weighted by Crippen LogP contribution is 2.27. The van der Waals surface area contributed by atoms with Gasteiger partial charge in [0.05, 0.1) is 12.7 Å². The van der Waals surface area contributed by atoms with Crippen molar-refractivity contribution >= 4 is 0 Å². The van der Waals surface area contributed by atoms with Gasteiger partial charge < -0.3 is 14.9 Å². The van der Waals surface area contributed by atoms with E-state index in [9.17, 15) is 14.7 Å². The SMILES string of the molecule is O=c1[nH]c(=O)n(C2CC(O)C(CO)O2)cc1Cc1ccccc1. The van der Waals surface area contributed by atoms with Crippen molar-refractivity contribution in [3.63, 3.8) is 0 Å². The fourth-order valence-corrected chi connectivity index (χ4v) is 2.73. The Balaban J connectivity index is 1.92. The average Bonchev–Trinajstić information content (AvgIpc) is 2.91. The Morgan fingerprint density at radius 3 is 2.65 bits per heavy atom. The van der Waals surface area contributed by atoms with Crippen LogP contribution in [0.2, 0.25) is 0 Å². The van der Waals surface area contributed by atoms with E-state index in [1.54, 1.807) is 0 Å². The predicted molar refractivity (Wildman–Crippen MR) is 82.2 cm³/mol. The van der Waals surface area contributed by atoms with Crippen molar-refractivity contribution in [2.24, 2.45) is 0 Å². The molecule has 3 unspecified atom stereocenters. The van der Waals surface area contributed by atoms with Crippen LogP contribution in [-0.2, 0) is 11.2 Å². The second kappa shape index (κ2) is 6.49. The summed E-state index contributed by atoms with van der Waals surface area (Å²) < 4.78 is 6.74. The summed E-state index contributed by atoms with van der Waals surface area (Å²) >= 11 is 0. The lowest BCUT2D eigenvalue weighted by atomic mass is 10.1. The number of nitrogens with zero attached hydrogens (tertiary/aromatic N) is 1. The number of aliphatic hydroxyl groups excluding tert-OH is 2. The Hall–Kier alpha value is -2.22. The molecule has 1 aliphatic heterocycles. The third-order valence-corrected chi connectivity index (χ3v) is 3.97. The summed E-state index contributed by atoms with van der Waals surface area (Å²) in [4.78, 5) is 26.3. The zero-order valence-corrected chi connectivity index (χ0v) is 12.4. The standard InChI is InChI=1S/C16H18N2O5/c19-9-13-12(20)7-14(23-13)18-8-11(15(21)17-16(18)22)6-10-4-2-1-3-5-10/h1-5,8,12-14,19-20H,6-7,9H2,(H,17,21,22). The number of hydrogen-bond acceptors (Lipinski definition) is 5. The highest BCUT2D eigenvalue weighted by molar-refractivity contribution is 5.22. The quantitative estimate of drug-likeness (QED) is 0.722.